The zero-order valence-corrected chi connectivity index (χ0v) is 24.7. The molecule has 9 nitrogen and oxygen atoms in total. The fourth-order valence-corrected chi connectivity index (χ4v) is 5.83. The Hall–Kier alpha value is -4.01. The number of methoxy groups -OCH3 is 1. The Morgan fingerprint density at radius 3 is 2.29 bits per heavy atom. The molecular formula is C32H38N4O5. The summed E-state index contributed by atoms with van der Waals surface area (Å²) in [6.07, 6.45) is 4.68. The van der Waals surface area contributed by atoms with Crippen molar-refractivity contribution in [1.82, 2.24) is 19.7 Å². The van der Waals surface area contributed by atoms with E-state index in [1.165, 1.54) is 7.11 Å². The van der Waals surface area contributed by atoms with E-state index in [9.17, 15) is 14.4 Å². The fraction of sp³-hybridized carbons (Fsp3) is 0.469. The predicted molar refractivity (Wildman–Crippen MR) is 154 cm³/mol. The second-order valence-electron chi connectivity index (χ2n) is 12.5. The smallest absolute Gasteiger partial charge is 0.338 e. The van der Waals surface area contributed by atoms with Gasteiger partial charge in [0.05, 0.1) is 24.6 Å². The van der Waals surface area contributed by atoms with Crippen molar-refractivity contribution >= 4 is 17.7 Å². The summed E-state index contributed by atoms with van der Waals surface area (Å²) in [4.78, 5) is 45.6. The first-order valence-electron chi connectivity index (χ1n) is 14.2. The van der Waals surface area contributed by atoms with Crippen LogP contribution in [0.4, 0.5) is 0 Å². The number of Topliss-reactive ketones (excluding diaryl/α,β-unsaturated/α-hetero) is 1. The molecule has 0 atom stereocenters. The van der Waals surface area contributed by atoms with Crippen LogP contribution in [0.1, 0.15) is 96.7 Å². The third-order valence-electron chi connectivity index (χ3n) is 7.91. The van der Waals surface area contributed by atoms with Gasteiger partial charge in [0.2, 0.25) is 5.88 Å². The van der Waals surface area contributed by atoms with Crippen molar-refractivity contribution in [3.63, 3.8) is 0 Å². The van der Waals surface area contributed by atoms with Crippen molar-refractivity contribution in [2.24, 2.45) is 5.41 Å². The highest BCUT2D eigenvalue weighted by Gasteiger charge is 2.43. The highest BCUT2D eigenvalue weighted by molar-refractivity contribution is 5.98. The van der Waals surface area contributed by atoms with Gasteiger partial charge < -0.3 is 14.4 Å². The van der Waals surface area contributed by atoms with Gasteiger partial charge >= 0.3 is 5.97 Å². The first kappa shape index (κ1) is 28.5. The van der Waals surface area contributed by atoms with Gasteiger partial charge in [-0.25, -0.2) is 9.78 Å². The van der Waals surface area contributed by atoms with Crippen molar-refractivity contribution in [1.29, 1.82) is 0 Å². The lowest BCUT2D eigenvalue weighted by molar-refractivity contribution is 0.00691. The van der Waals surface area contributed by atoms with Crippen molar-refractivity contribution < 1.29 is 23.9 Å². The van der Waals surface area contributed by atoms with Gasteiger partial charge in [0.25, 0.3) is 5.91 Å². The van der Waals surface area contributed by atoms with Gasteiger partial charge in [-0.3, -0.25) is 14.3 Å². The van der Waals surface area contributed by atoms with Crippen LogP contribution in [-0.4, -0.2) is 63.1 Å². The van der Waals surface area contributed by atoms with Crippen molar-refractivity contribution in [2.45, 2.75) is 71.9 Å². The maximum atomic E-state index is 13.6. The van der Waals surface area contributed by atoms with Crippen molar-refractivity contribution in [3.05, 3.63) is 65.0 Å². The Kier molecular flexibility index (Phi) is 7.48. The summed E-state index contributed by atoms with van der Waals surface area (Å²) in [6.45, 7) is 10.7. The Morgan fingerprint density at radius 2 is 1.68 bits per heavy atom. The van der Waals surface area contributed by atoms with E-state index in [4.69, 9.17) is 9.47 Å². The van der Waals surface area contributed by atoms with Gasteiger partial charge in [-0.05, 0) is 77.5 Å². The highest BCUT2D eigenvalue weighted by atomic mass is 16.6. The maximum Gasteiger partial charge on any atom is 0.338 e. The first-order chi connectivity index (χ1) is 19.4. The Labute approximate surface area is 240 Å². The van der Waals surface area contributed by atoms with Gasteiger partial charge in [-0.1, -0.05) is 12.1 Å². The Morgan fingerprint density at radius 1 is 1.00 bits per heavy atom. The number of piperidine rings is 1. The van der Waals surface area contributed by atoms with E-state index in [1.807, 2.05) is 50.4 Å². The Balaban J connectivity index is 1.31. The zero-order valence-electron chi connectivity index (χ0n) is 24.7. The molecule has 1 fully saturated rings. The second-order valence-corrected chi connectivity index (χ2v) is 12.5. The summed E-state index contributed by atoms with van der Waals surface area (Å²) in [5.74, 6) is -0.00444. The number of hydrogen-bond acceptors (Lipinski definition) is 7. The normalized spacial score (nSPS) is 16.6. The number of hydrogen-bond donors (Lipinski definition) is 0. The number of ketones is 1. The van der Waals surface area contributed by atoms with E-state index in [-0.39, 0.29) is 23.1 Å². The molecule has 0 radical (unpaired) electrons. The van der Waals surface area contributed by atoms with E-state index >= 15 is 0 Å². The standard InChI is InChI=1S/C32H38N4O5/c1-20(2)36-28-24(19-33-36)17-32(18-26(28)37)11-13-35(14-12-32)29(38)23-15-25(34-27(16-23)40-6)21-7-9-22(10-8-21)30(39)41-31(3,4)5/h7-10,15-16,19-20H,11-14,17-18H2,1-6H3. The minimum atomic E-state index is -0.583. The van der Waals surface area contributed by atoms with Gasteiger partial charge in [-0.15, -0.1) is 0 Å². The van der Waals surface area contributed by atoms with Gasteiger partial charge in [0, 0.05) is 48.3 Å². The molecule has 0 bridgehead atoms. The van der Waals surface area contributed by atoms with Gasteiger partial charge in [-0.2, -0.15) is 5.10 Å². The molecule has 41 heavy (non-hydrogen) atoms. The molecule has 3 heterocycles. The third-order valence-corrected chi connectivity index (χ3v) is 7.91. The topological polar surface area (TPSA) is 104 Å². The number of esters is 1. The molecule has 1 saturated heterocycles. The summed E-state index contributed by atoms with van der Waals surface area (Å²) in [5, 5.41) is 4.48. The molecule has 3 aromatic rings. The quantitative estimate of drug-likeness (QED) is 0.379. The minimum Gasteiger partial charge on any atom is -0.481 e. The number of pyridine rings is 1. The number of rotatable bonds is 5. The Bertz CT molecular complexity index is 1470. The average molecular weight is 559 g/mol. The van der Waals surface area contributed by atoms with Crippen LogP contribution in [-0.2, 0) is 11.2 Å². The summed E-state index contributed by atoms with van der Waals surface area (Å²) in [6, 6.07) is 10.5. The summed E-state index contributed by atoms with van der Waals surface area (Å²) < 4.78 is 12.7. The second kappa shape index (κ2) is 10.8. The third kappa shape index (κ3) is 5.89. The van der Waals surface area contributed by atoms with Crippen molar-refractivity contribution in [2.75, 3.05) is 20.2 Å². The molecule has 1 amide bonds. The number of fused-ring (bicyclic) bond motifs is 1. The number of carbonyl (C=O) groups excluding carboxylic acids is 3. The lowest BCUT2D eigenvalue weighted by atomic mass is 9.67. The molecule has 1 aliphatic carbocycles. The number of aromatic nitrogens is 3. The van der Waals surface area contributed by atoms with Crippen LogP contribution in [0.5, 0.6) is 5.88 Å². The summed E-state index contributed by atoms with van der Waals surface area (Å²) in [5.41, 5.74) is 3.30. The number of likely N-dealkylation sites (tertiary alicyclic amines) is 1. The number of benzene rings is 1. The van der Waals surface area contributed by atoms with Crippen LogP contribution in [0, 0.1) is 5.41 Å². The highest BCUT2D eigenvalue weighted by Crippen LogP contribution is 2.44. The molecule has 0 unspecified atom stereocenters. The van der Waals surface area contributed by atoms with Gasteiger partial charge in [0.1, 0.15) is 11.3 Å². The zero-order chi connectivity index (χ0) is 29.5. The largest absolute Gasteiger partial charge is 0.481 e. The molecular weight excluding hydrogens is 520 g/mol. The lowest BCUT2D eigenvalue weighted by Gasteiger charge is -2.43. The molecule has 2 aromatic heterocycles. The van der Waals surface area contributed by atoms with Crippen molar-refractivity contribution in [3.8, 4) is 17.1 Å². The molecule has 5 rings (SSSR count). The summed E-state index contributed by atoms with van der Waals surface area (Å²) in [7, 11) is 1.52. The molecule has 1 aliphatic heterocycles. The van der Waals surface area contributed by atoms with E-state index in [0.29, 0.717) is 42.2 Å². The molecule has 1 aromatic carbocycles. The van der Waals surface area contributed by atoms with Crippen LogP contribution >= 0.6 is 0 Å². The van der Waals surface area contributed by atoms with Crippen LogP contribution < -0.4 is 4.74 Å². The first-order valence-corrected chi connectivity index (χ1v) is 14.2. The molecule has 0 N–H and O–H groups in total. The molecule has 9 heteroatoms. The molecule has 216 valence electrons. The van der Waals surface area contributed by atoms with E-state index in [0.717, 1.165) is 36.1 Å². The van der Waals surface area contributed by atoms with Crippen LogP contribution in [0.15, 0.2) is 42.6 Å². The van der Waals surface area contributed by atoms with Crippen LogP contribution in [0.25, 0.3) is 11.3 Å². The SMILES string of the molecule is COc1cc(C(=O)N2CCC3(CC2)CC(=O)c2c(cnn2C(C)C)C3)cc(-c2ccc(C(=O)OC(C)(C)C)cc2)n1. The number of amides is 1. The number of ether oxygens (including phenoxy) is 2. The van der Waals surface area contributed by atoms with Crippen LogP contribution in [0.2, 0.25) is 0 Å². The molecule has 2 aliphatic rings. The molecule has 0 saturated carbocycles. The van der Waals surface area contributed by atoms with Crippen LogP contribution in [0.3, 0.4) is 0 Å². The fourth-order valence-electron chi connectivity index (χ4n) is 5.83. The van der Waals surface area contributed by atoms with E-state index in [1.54, 1.807) is 36.4 Å². The van der Waals surface area contributed by atoms with Gasteiger partial charge in [0.15, 0.2) is 5.78 Å². The predicted octanol–water partition coefficient (Wildman–Crippen LogP) is 5.54. The minimum absolute atomic E-state index is 0.0948. The number of carbonyl (C=O) groups is 3. The maximum absolute atomic E-state index is 13.6. The average Bonchev–Trinajstić information content (AvgIpc) is 3.36. The van der Waals surface area contributed by atoms with E-state index < -0.39 is 11.6 Å². The number of nitrogens with zero attached hydrogens (tertiary/aromatic N) is 4. The summed E-state index contributed by atoms with van der Waals surface area (Å²) >= 11 is 0. The molecule has 1 spiro atoms. The van der Waals surface area contributed by atoms with E-state index in [2.05, 4.69) is 10.1 Å². The lowest BCUT2D eigenvalue weighted by Crippen LogP contribution is -2.46. The monoisotopic (exact) mass is 558 g/mol.